The molecule has 3 aromatic rings. The third-order valence-electron chi connectivity index (χ3n) is 5.99. The molecule has 0 bridgehead atoms. The van der Waals surface area contributed by atoms with E-state index in [9.17, 15) is 4.79 Å². The number of anilines is 1. The number of amides is 1. The van der Waals surface area contributed by atoms with Crippen LogP contribution in [0.3, 0.4) is 0 Å². The van der Waals surface area contributed by atoms with Crippen LogP contribution in [0.2, 0.25) is 0 Å². The lowest BCUT2D eigenvalue weighted by molar-refractivity contribution is 0.0607. The van der Waals surface area contributed by atoms with Crippen LogP contribution < -0.4 is 4.90 Å². The highest BCUT2D eigenvalue weighted by Crippen LogP contribution is 2.38. The van der Waals surface area contributed by atoms with Crippen LogP contribution in [0, 0.1) is 6.92 Å². The molecular formula is C25H31N5OS. The molecule has 1 fully saturated rings. The molecule has 1 unspecified atom stereocenters. The Bertz CT molecular complexity index is 1090. The fraction of sp³-hybridized carbons (Fsp3) is 0.440. The third kappa shape index (κ3) is 4.53. The van der Waals surface area contributed by atoms with E-state index in [1.807, 2.05) is 47.7 Å². The standard InChI is InChI=1S/C25H31N5OS/c1-5-8-19-13-18(16-32-19)24(31)30-12-7-6-9-22(30)23-21(15-27-25(28-23)29(3)4)20-10-11-26-14-17(20)2/h10-11,13-16,22H,5-9,12H2,1-4H3. The molecule has 7 heteroatoms. The van der Waals surface area contributed by atoms with Crippen molar-refractivity contribution in [1.82, 2.24) is 19.9 Å². The van der Waals surface area contributed by atoms with E-state index in [0.29, 0.717) is 5.95 Å². The van der Waals surface area contributed by atoms with Gasteiger partial charge in [-0.2, -0.15) is 0 Å². The van der Waals surface area contributed by atoms with Gasteiger partial charge in [0, 0.05) is 55.1 Å². The van der Waals surface area contributed by atoms with Gasteiger partial charge in [-0.3, -0.25) is 9.78 Å². The van der Waals surface area contributed by atoms with Crippen molar-refractivity contribution in [2.75, 3.05) is 25.5 Å². The molecule has 32 heavy (non-hydrogen) atoms. The zero-order valence-electron chi connectivity index (χ0n) is 19.3. The minimum atomic E-state index is -0.0740. The number of piperidine rings is 1. The van der Waals surface area contributed by atoms with Crippen molar-refractivity contribution in [3.8, 4) is 11.1 Å². The number of nitrogens with zero attached hydrogens (tertiary/aromatic N) is 5. The Morgan fingerprint density at radius 1 is 1.25 bits per heavy atom. The zero-order valence-corrected chi connectivity index (χ0v) is 20.2. The maximum absolute atomic E-state index is 13.6. The predicted octanol–water partition coefficient (Wildman–Crippen LogP) is 5.29. The number of aryl methyl sites for hydroxylation is 2. The summed E-state index contributed by atoms with van der Waals surface area (Å²) in [5, 5.41) is 2.01. The van der Waals surface area contributed by atoms with Crippen molar-refractivity contribution in [3.05, 3.63) is 57.8 Å². The second-order valence-corrected chi connectivity index (χ2v) is 9.61. The molecule has 0 spiro atoms. The van der Waals surface area contributed by atoms with Crippen LogP contribution in [0.25, 0.3) is 11.1 Å². The molecule has 6 nitrogen and oxygen atoms in total. The van der Waals surface area contributed by atoms with Crippen molar-refractivity contribution in [2.45, 2.75) is 52.0 Å². The number of hydrogen-bond acceptors (Lipinski definition) is 6. The van der Waals surface area contributed by atoms with E-state index in [-0.39, 0.29) is 11.9 Å². The van der Waals surface area contributed by atoms with Crippen LogP contribution in [0.5, 0.6) is 0 Å². The molecule has 0 radical (unpaired) electrons. The molecule has 0 aromatic carbocycles. The average Bonchev–Trinajstić information content (AvgIpc) is 3.27. The van der Waals surface area contributed by atoms with Gasteiger partial charge >= 0.3 is 0 Å². The van der Waals surface area contributed by atoms with Crippen molar-refractivity contribution < 1.29 is 4.79 Å². The number of hydrogen-bond donors (Lipinski definition) is 0. The Balaban J connectivity index is 1.77. The number of aromatic nitrogens is 3. The van der Waals surface area contributed by atoms with E-state index in [1.54, 1.807) is 17.5 Å². The lowest BCUT2D eigenvalue weighted by Crippen LogP contribution is -2.39. The average molecular weight is 450 g/mol. The quantitative estimate of drug-likeness (QED) is 0.511. The summed E-state index contributed by atoms with van der Waals surface area (Å²) in [6.07, 6.45) is 10.7. The van der Waals surface area contributed by atoms with Gasteiger partial charge in [0.05, 0.1) is 17.3 Å². The summed E-state index contributed by atoms with van der Waals surface area (Å²) in [4.78, 5) is 32.6. The van der Waals surface area contributed by atoms with Gasteiger partial charge in [-0.05, 0) is 55.9 Å². The van der Waals surface area contributed by atoms with Crippen LogP contribution in [-0.2, 0) is 6.42 Å². The van der Waals surface area contributed by atoms with Crippen molar-refractivity contribution in [1.29, 1.82) is 0 Å². The van der Waals surface area contributed by atoms with Gasteiger partial charge in [-0.25, -0.2) is 9.97 Å². The summed E-state index contributed by atoms with van der Waals surface area (Å²) in [6, 6.07) is 4.01. The molecule has 0 N–H and O–H groups in total. The number of thiophene rings is 1. The van der Waals surface area contributed by atoms with Gasteiger partial charge in [0.1, 0.15) is 0 Å². The first kappa shape index (κ1) is 22.4. The first-order valence-corrected chi connectivity index (χ1v) is 12.2. The molecule has 1 aliphatic rings. The minimum absolute atomic E-state index is 0.0740. The fourth-order valence-electron chi connectivity index (χ4n) is 4.33. The number of carbonyl (C=O) groups is 1. The van der Waals surface area contributed by atoms with E-state index in [0.717, 1.165) is 66.6 Å². The van der Waals surface area contributed by atoms with Gasteiger partial charge in [-0.1, -0.05) is 13.3 Å². The third-order valence-corrected chi connectivity index (χ3v) is 6.99. The molecule has 1 aliphatic heterocycles. The molecule has 1 atom stereocenters. The summed E-state index contributed by atoms with van der Waals surface area (Å²) in [6.45, 7) is 4.97. The SMILES string of the molecule is CCCc1cc(C(=O)N2CCCCC2c2nc(N(C)C)ncc2-c2ccncc2C)cs1. The molecule has 4 heterocycles. The highest BCUT2D eigenvalue weighted by Gasteiger charge is 2.32. The topological polar surface area (TPSA) is 62.2 Å². The van der Waals surface area contributed by atoms with Crippen LogP contribution in [0.4, 0.5) is 5.95 Å². The summed E-state index contributed by atoms with van der Waals surface area (Å²) in [5.41, 5.74) is 4.85. The second kappa shape index (κ2) is 9.77. The fourth-order valence-corrected chi connectivity index (χ4v) is 5.30. The molecule has 3 aromatic heterocycles. The maximum Gasteiger partial charge on any atom is 0.255 e. The maximum atomic E-state index is 13.6. The number of likely N-dealkylation sites (tertiary alicyclic amines) is 1. The zero-order chi connectivity index (χ0) is 22.7. The monoisotopic (exact) mass is 449 g/mol. The highest BCUT2D eigenvalue weighted by atomic mass is 32.1. The molecule has 4 rings (SSSR count). The minimum Gasteiger partial charge on any atom is -0.347 e. The summed E-state index contributed by atoms with van der Waals surface area (Å²) in [7, 11) is 3.89. The lowest BCUT2D eigenvalue weighted by atomic mass is 9.92. The highest BCUT2D eigenvalue weighted by molar-refractivity contribution is 7.10. The van der Waals surface area contributed by atoms with Crippen molar-refractivity contribution >= 4 is 23.2 Å². The van der Waals surface area contributed by atoms with Gasteiger partial charge in [0.2, 0.25) is 5.95 Å². The van der Waals surface area contributed by atoms with Gasteiger partial charge in [0.15, 0.2) is 0 Å². The van der Waals surface area contributed by atoms with E-state index in [1.165, 1.54) is 4.88 Å². The number of pyridine rings is 1. The van der Waals surface area contributed by atoms with E-state index in [2.05, 4.69) is 29.9 Å². The molecule has 168 valence electrons. The summed E-state index contributed by atoms with van der Waals surface area (Å²) in [5.74, 6) is 0.768. The Morgan fingerprint density at radius 3 is 2.84 bits per heavy atom. The number of rotatable bonds is 6. The summed E-state index contributed by atoms with van der Waals surface area (Å²) < 4.78 is 0. The first-order chi connectivity index (χ1) is 15.5. The van der Waals surface area contributed by atoms with E-state index < -0.39 is 0 Å². The Morgan fingerprint density at radius 2 is 2.09 bits per heavy atom. The van der Waals surface area contributed by atoms with Crippen LogP contribution in [0.15, 0.2) is 36.1 Å². The molecule has 0 saturated carbocycles. The first-order valence-electron chi connectivity index (χ1n) is 11.3. The largest absolute Gasteiger partial charge is 0.347 e. The smallest absolute Gasteiger partial charge is 0.255 e. The molecule has 1 saturated heterocycles. The van der Waals surface area contributed by atoms with Crippen LogP contribution >= 0.6 is 11.3 Å². The summed E-state index contributed by atoms with van der Waals surface area (Å²) >= 11 is 1.69. The normalized spacial score (nSPS) is 16.2. The predicted molar refractivity (Wildman–Crippen MR) is 130 cm³/mol. The number of carbonyl (C=O) groups excluding carboxylic acids is 1. The van der Waals surface area contributed by atoms with Crippen LogP contribution in [0.1, 0.15) is 65.1 Å². The van der Waals surface area contributed by atoms with Crippen molar-refractivity contribution in [2.24, 2.45) is 0 Å². The van der Waals surface area contributed by atoms with Gasteiger partial charge < -0.3 is 9.80 Å². The molecule has 1 amide bonds. The van der Waals surface area contributed by atoms with Gasteiger partial charge in [0.25, 0.3) is 5.91 Å². The lowest BCUT2D eigenvalue weighted by Gasteiger charge is -2.36. The Labute approximate surface area is 194 Å². The molecular weight excluding hydrogens is 418 g/mol. The second-order valence-electron chi connectivity index (χ2n) is 8.62. The Hall–Kier alpha value is -2.80. The van der Waals surface area contributed by atoms with E-state index in [4.69, 9.17) is 4.98 Å². The van der Waals surface area contributed by atoms with Crippen LogP contribution in [-0.4, -0.2) is 46.4 Å². The van der Waals surface area contributed by atoms with Crippen molar-refractivity contribution in [3.63, 3.8) is 0 Å². The Kier molecular flexibility index (Phi) is 6.84. The molecule has 0 aliphatic carbocycles. The van der Waals surface area contributed by atoms with Gasteiger partial charge in [-0.15, -0.1) is 11.3 Å². The van der Waals surface area contributed by atoms with E-state index >= 15 is 0 Å².